The lowest BCUT2D eigenvalue weighted by Gasteiger charge is -2.18. The Hall–Kier alpha value is -1.71. The lowest BCUT2D eigenvalue weighted by molar-refractivity contribution is -0.126. The zero-order chi connectivity index (χ0) is 18.4. The van der Waals surface area contributed by atoms with Crippen molar-refractivity contribution in [2.45, 2.75) is 32.4 Å². The Kier molecular flexibility index (Phi) is 7.15. The third kappa shape index (κ3) is 5.13. The van der Waals surface area contributed by atoms with Gasteiger partial charge in [0.05, 0.1) is 11.9 Å². The summed E-state index contributed by atoms with van der Waals surface area (Å²) in [5, 5.41) is -0.182. The number of hydrogen-bond acceptors (Lipinski definition) is 5. The molecule has 1 atom stereocenters. The predicted molar refractivity (Wildman–Crippen MR) is 106 cm³/mol. The molecule has 134 valence electrons. The fourth-order valence-electron chi connectivity index (χ4n) is 2.56. The molecular weight excluding hydrogens is 354 g/mol. The average Bonchev–Trinajstić information content (AvgIpc) is 2.81. The molecule has 0 saturated carbocycles. The topological polar surface area (TPSA) is 38.8 Å². The summed E-state index contributed by atoms with van der Waals surface area (Å²) in [7, 11) is 0. The quantitative estimate of drug-likeness (QED) is 0.512. The molecule has 6 heteroatoms. The van der Waals surface area contributed by atoms with Crippen LogP contribution in [0.3, 0.4) is 0 Å². The molecule has 1 amide bonds. The molecular formula is C19H23NO3S2. The van der Waals surface area contributed by atoms with E-state index in [9.17, 15) is 4.79 Å². The van der Waals surface area contributed by atoms with E-state index in [-0.39, 0.29) is 17.8 Å². The van der Waals surface area contributed by atoms with Crippen molar-refractivity contribution in [1.29, 1.82) is 0 Å². The summed E-state index contributed by atoms with van der Waals surface area (Å²) in [5.41, 5.74) is 1.01. The standard InChI is InChI=1S/C19H23NO3S2/c1-5-9-23-15-8-7-14(10-16(15)22-6-2)11-17-18(21)20(12-13(3)4)19(24)25-17/h1,7-8,10,13,17H,6,9,11-12H2,2-4H3/t17-/m1/s1. The monoisotopic (exact) mass is 377 g/mol. The zero-order valence-corrected chi connectivity index (χ0v) is 16.4. The van der Waals surface area contributed by atoms with Crippen LogP contribution in [0.2, 0.25) is 0 Å². The van der Waals surface area contributed by atoms with Gasteiger partial charge in [0.2, 0.25) is 5.91 Å². The van der Waals surface area contributed by atoms with E-state index < -0.39 is 0 Å². The molecule has 0 spiro atoms. The zero-order valence-electron chi connectivity index (χ0n) is 14.8. The number of carbonyl (C=O) groups is 1. The molecule has 1 aromatic rings. The normalized spacial score (nSPS) is 17.1. The number of thiocarbonyl (C=S) groups is 1. The largest absolute Gasteiger partial charge is 0.490 e. The molecule has 1 aliphatic rings. The van der Waals surface area contributed by atoms with Gasteiger partial charge in [-0.15, -0.1) is 6.42 Å². The second-order valence-corrected chi connectivity index (χ2v) is 7.96. The van der Waals surface area contributed by atoms with Gasteiger partial charge in [-0.1, -0.05) is 49.8 Å². The van der Waals surface area contributed by atoms with E-state index in [2.05, 4.69) is 19.8 Å². The van der Waals surface area contributed by atoms with Crippen molar-refractivity contribution < 1.29 is 14.3 Å². The van der Waals surface area contributed by atoms with Gasteiger partial charge >= 0.3 is 0 Å². The van der Waals surface area contributed by atoms with E-state index in [4.69, 9.17) is 28.1 Å². The Morgan fingerprint density at radius 3 is 2.76 bits per heavy atom. The van der Waals surface area contributed by atoms with Crippen molar-refractivity contribution in [3.63, 3.8) is 0 Å². The Morgan fingerprint density at radius 1 is 1.36 bits per heavy atom. The van der Waals surface area contributed by atoms with Gasteiger partial charge in [0.1, 0.15) is 10.9 Å². The molecule has 1 fully saturated rings. The summed E-state index contributed by atoms with van der Waals surface area (Å²) >= 11 is 6.83. The number of carbonyl (C=O) groups excluding carboxylic acids is 1. The van der Waals surface area contributed by atoms with E-state index in [1.54, 1.807) is 4.90 Å². The highest BCUT2D eigenvalue weighted by molar-refractivity contribution is 8.24. The summed E-state index contributed by atoms with van der Waals surface area (Å²) in [6.45, 7) is 7.46. The van der Waals surface area contributed by atoms with Gasteiger partial charge in [-0.2, -0.15) is 0 Å². The molecule has 2 rings (SSSR count). The maximum Gasteiger partial charge on any atom is 0.241 e. The summed E-state index contributed by atoms with van der Waals surface area (Å²) in [6.07, 6.45) is 5.85. The first-order valence-electron chi connectivity index (χ1n) is 8.30. The fraction of sp³-hybridized carbons (Fsp3) is 0.474. The SMILES string of the molecule is C#CCOc1ccc(C[C@H]2SC(=S)N(CC(C)C)C2=O)cc1OCC. The minimum Gasteiger partial charge on any atom is -0.490 e. The van der Waals surface area contributed by atoms with E-state index in [1.807, 2.05) is 25.1 Å². The number of terminal acetylenes is 1. The van der Waals surface area contributed by atoms with Crippen LogP contribution in [0.15, 0.2) is 18.2 Å². The molecule has 0 aromatic heterocycles. The Bertz CT molecular complexity index is 682. The van der Waals surface area contributed by atoms with Crippen molar-refractivity contribution in [3.8, 4) is 23.8 Å². The van der Waals surface area contributed by atoms with E-state index >= 15 is 0 Å². The molecule has 1 aromatic carbocycles. The highest BCUT2D eigenvalue weighted by Gasteiger charge is 2.37. The summed E-state index contributed by atoms with van der Waals surface area (Å²) in [5.74, 6) is 4.19. The fourth-order valence-corrected chi connectivity index (χ4v) is 4.11. The number of hydrogen-bond donors (Lipinski definition) is 0. The second kappa shape index (κ2) is 9.12. The Morgan fingerprint density at radius 2 is 2.12 bits per heavy atom. The van der Waals surface area contributed by atoms with Crippen molar-refractivity contribution in [3.05, 3.63) is 23.8 Å². The van der Waals surface area contributed by atoms with Crippen LogP contribution in [0.4, 0.5) is 0 Å². The van der Waals surface area contributed by atoms with Crippen LogP contribution in [0.25, 0.3) is 0 Å². The first-order chi connectivity index (χ1) is 12.0. The van der Waals surface area contributed by atoms with Crippen molar-refractivity contribution >= 4 is 34.2 Å². The first-order valence-corrected chi connectivity index (χ1v) is 9.59. The van der Waals surface area contributed by atoms with Crippen LogP contribution in [-0.2, 0) is 11.2 Å². The van der Waals surface area contributed by atoms with Gasteiger partial charge < -0.3 is 9.47 Å². The number of benzene rings is 1. The smallest absolute Gasteiger partial charge is 0.241 e. The minimum absolute atomic E-state index is 0.0920. The van der Waals surface area contributed by atoms with Crippen molar-refractivity contribution in [2.24, 2.45) is 5.92 Å². The van der Waals surface area contributed by atoms with Gasteiger partial charge in [0.25, 0.3) is 0 Å². The summed E-state index contributed by atoms with van der Waals surface area (Å²) < 4.78 is 11.8. The molecule has 0 unspecified atom stereocenters. The van der Waals surface area contributed by atoms with Crippen LogP contribution in [0.1, 0.15) is 26.3 Å². The van der Waals surface area contributed by atoms with Crippen molar-refractivity contribution in [1.82, 2.24) is 4.90 Å². The molecule has 1 heterocycles. The average molecular weight is 378 g/mol. The number of thioether (sulfide) groups is 1. The second-order valence-electron chi connectivity index (χ2n) is 6.13. The maximum atomic E-state index is 12.6. The molecule has 4 nitrogen and oxygen atoms in total. The van der Waals surface area contributed by atoms with E-state index in [1.165, 1.54) is 11.8 Å². The van der Waals surface area contributed by atoms with Gasteiger partial charge in [0, 0.05) is 6.54 Å². The predicted octanol–water partition coefficient (Wildman–Crippen LogP) is 3.52. The molecule has 1 saturated heterocycles. The number of ether oxygens (including phenoxy) is 2. The van der Waals surface area contributed by atoms with Gasteiger partial charge in [0.15, 0.2) is 11.5 Å². The summed E-state index contributed by atoms with van der Waals surface area (Å²) in [6, 6.07) is 5.69. The van der Waals surface area contributed by atoms with E-state index in [0.717, 1.165) is 5.56 Å². The maximum absolute atomic E-state index is 12.6. The highest BCUT2D eigenvalue weighted by Crippen LogP contribution is 2.33. The molecule has 25 heavy (non-hydrogen) atoms. The van der Waals surface area contributed by atoms with Crippen LogP contribution in [0.5, 0.6) is 11.5 Å². The molecule has 0 aliphatic carbocycles. The lowest BCUT2D eigenvalue weighted by atomic mass is 10.1. The molecule has 0 bridgehead atoms. The number of nitrogens with zero attached hydrogens (tertiary/aromatic N) is 1. The van der Waals surface area contributed by atoms with Crippen molar-refractivity contribution in [2.75, 3.05) is 19.8 Å². The van der Waals surface area contributed by atoms with Crippen LogP contribution in [0, 0.1) is 18.3 Å². The van der Waals surface area contributed by atoms with Crippen LogP contribution < -0.4 is 9.47 Å². The Balaban J connectivity index is 2.12. The third-order valence-corrected chi connectivity index (χ3v) is 5.18. The first kappa shape index (κ1) is 19.6. The number of rotatable bonds is 8. The van der Waals surface area contributed by atoms with Gasteiger partial charge in [-0.25, -0.2) is 0 Å². The molecule has 0 N–H and O–H groups in total. The minimum atomic E-state index is -0.182. The van der Waals surface area contributed by atoms with E-state index in [0.29, 0.717) is 41.3 Å². The highest BCUT2D eigenvalue weighted by atomic mass is 32.2. The summed E-state index contributed by atoms with van der Waals surface area (Å²) in [4.78, 5) is 14.3. The number of amides is 1. The third-order valence-electron chi connectivity index (χ3n) is 3.59. The molecule has 0 radical (unpaired) electrons. The molecule has 1 aliphatic heterocycles. The Labute approximate surface area is 159 Å². The van der Waals surface area contributed by atoms with Crippen LogP contribution >= 0.6 is 24.0 Å². The van der Waals surface area contributed by atoms with Crippen LogP contribution in [-0.4, -0.2) is 40.1 Å². The van der Waals surface area contributed by atoms with Gasteiger partial charge in [-0.05, 0) is 37.0 Å². The van der Waals surface area contributed by atoms with Gasteiger partial charge in [-0.3, -0.25) is 9.69 Å². The lowest BCUT2D eigenvalue weighted by Crippen LogP contribution is -2.34.